The summed E-state index contributed by atoms with van der Waals surface area (Å²) in [6.45, 7) is 0.495. The summed E-state index contributed by atoms with van der Waals surface area (Å²) >= 11 is 0. The predicted octanol–water partition coefficient (Wildman–Crippen LogP) is 3.99. The van der Waals surface area contributed by atoms with Gasteiger partial charge in [0.15, 0.2) is 12.4 Å². The van der Waals surface area contributed by atoms with Crippen molar-refractivity contribution in [1.29, 1.82) is 0 Å². The average Bonchev–Trinajstić information content (AvgIpc) is 2.60. The Balaban J connectivity index is 1.94. The number of aryl methyl sites for hydroxylation is 1. The van der Waals surface area contributed by atoms with Gasteiger partial charge in [0.1, 0.15) is 18.5 Å². The molecule has 1 heterocycles. The van der Waals surface area contributed by atoms with Crippen molar-refractivity contribution in [1.82, 2.24) is 0 Å². The summed E-state index contributed by atoms with van der Waals surface area (Å²) in [5, 5.41) is 10.7. The second kappa shape index (κ2) is 7.84. The van der Waals surface area contributed by atoms with Crippen LogP contribution in [0, 0.1) is 0 Å². The summed E-state index contributed by atoms with van der Waals surface area (Å²) < 4.78 is 48.4. The maximum Gasteiger partial charge on any atom is 0.573 e. The number of hydrogen-bond donors (Lipinski definition) is 1. The average molecular weight is 378 g/mol. The molecule has 0 saturated carbocycles. The van der Waals surface area contributed by atoms with Gasteiger partial charge in [-0.3, -0.25) is 0 Å². The van der Waals surface area contributed by atoms with E-state index in [-0.39, 0.29) is 12.4 Å². The first-order valence-electron chi connectivity index (χ1n) is 8.38. The molecule has 1 aromatic heterocycles. The SMILES string of the molecule is C[n+]1cc(-c2ccc(OC(F)(F)F)cc2)c2ccc(OCCCO)cc2c1. The highest BCUT2D eigenvalue weighted by molar-refractivity contribution is 5.95. The second-order valence-corrected chi connectivity index (χ2v) is 6.08. The number of halogens is 3. The van der Waals surface area contributed by atoms with Crippen LogP contribution in [0.2, 0.25) is 0 Å². The monoisotopic (exact) mass is 378 g/mol. The molecule has 0 aliphatic heterocycles. The van der Waals surface area contributed by atoms with Crippen molar-refractivity contribution < 1.29 is 32.3 Å². The zero-order valence-electron chi connectivity index (χ0n) is 14.7. The van der Waals surface area contributed by atoms with E-state index in [4.69, 9.17) is 9.84 Å². The standard InChI is InChI=1S/C20H19F3NO3/c1-24-12-15-11-17(26-10-2-9-25)7-8-18(15)19(13-24)14-3-5-16(6-4-14)27-20(21,22)23/h3-8,11-13,25H,2,9-10H2,1H3/q+1. The van der Waals surface area contributed by atoms with Gasteiger partial charge in [-0.1, -0.05) is 12.1 Å². The first kappa shape index (κ1) is 19.0. The molecule has 0 amide bonds. The molecule has 0 atom stereocenters. The van der Waals surface area contributed by atoms with Crippen molar-refractivity contribution in [2.45, 2.75) is 12.8 Å². The van der Waals surface area contributed by atoms with Gasteiger partial charge in [-0.15, -0.1) is 13.2 Å². The first-order valence-corrected chi connectivity index (χ1v) is 8.38. The number of aliphatic hydroxyl groups is 1. The molecule has 3 aromatic rings. The normalized spacial score (nSPS) is 11.6. The Labute approximate surface area is 154 Å². The lowest BCUT2D eigenvalue weighted by Crippen LogP contribution is -2.26. The van der Waals surface area contributed by atoms with E-state index in [0.717, 1.165) is 21.9 Å². The van der Waals surface area contributed by atoms with Crippen LogP contribution < -0.4 is 14.0 Å². The Morgan fingerprint density at radius 2 is 1.70 bits per heavy atom. The van der Waals surface area contributed by atoms with E-state index in [1.807, 2.05) is 42.2 Å². The molecule has 7 heteroatoms. The fourth-order valence-electron chi connectivity index (χ4n) is 2.83. The number of hydrogen-bond acceptors (Lipinski definition) is 3. The highest BCUT2D eigenvalue weighted by Gasteiger charge is 2.31. The number of aliphatic hydroxyl groups excluding tert-OH is 1. The molecule has 4 nitrogen and oxygen atoms in total. The van der Waals surface area contributed by atoms with Crippen molar-refractivity contribution in [2.24, 2.45) is 7.05 Å². The Morgan fingerprint density at radius 3 is 2.37 bits per heavy atom. The number of rotatable bonds is 6. The summed E-state index contributed by atoms with van der Waals surface area (Å²) in [5.41, 5.74) is 1.66. The summed E-state index contributed by atoms with van der Waals surface area (Å²) in [7, 11) is 1.88. The molecular weight excluding hydrogens is 359 g/mol. The molecule has 0 aliphatic rings. The van der Waals surface area contributed by atoms with Gasteiger partial charge in [0.05, 0.1) is 12.2 Å². The van der Waals surface area contributed by atoms with Gasteiger partial charge < -0.3 is 14.6 Å². The predicted molar refractivity (Wildman–Crippen MR) is 94.4 cm³/mol. The lowest BCUT2D eigenvalue weighted by Gasteiger charge is -2.11. The lowest BCUT2D eigenvalue weighted by atomic mass is 10.0. The third-order valence-corrected chi connectivity index (χ3v) is 3.96. The first-order chi connectivity index (χ1) is 12.9. The van der Waals surface area contributed by atoms with Gasteiger partial charge in [0.2, 0.25) is 0 Å². The van der Waals surface area contributed by atoms with Gasteiger partial charge in [-0.2, -0.15) is 0 Å². The Kier molecular flexibility index (Phi) is 5.51. The molecule has 0 unspecified atom stereocenters. The lowest BCUT2D eigenvalue weighted by molar-refractivity contribution is -0.669. The Bertz CT molecular complexity index is 924. The van der Waals surface area contributed by atoms with Gasteiger partial charge in [0.25, 0.3) is 0 Å². The Hall–Kier alpha value is -2.80. The van der Waals surface area contributed by atoms with Crippen LogP contribution in [0.5, 0.6) is 11.5 Å². The van der Waals surface area contributed by atoms with E-state index >= 15 is 0 Å². The van der Waals surface area contributed by atoms with Crippen molar-refractivity contribution in [3.05, 3.63) is 54.9 Å². The topological polar surface area (TPSA) is 42.6 Å². The smallest absolute Gasteiger partial charge is 0.493 e. The molecular formula is C20H19F3NO3+. The number of aromatic nitrogens is 1. The van der Waals surface area contributed by atoms with Crippen molar-refractivity contribution in [3.8, 4) is 22.6 Å². The van der Waals surface area contributed by atoms with E-state index in [2.05, 4.69) is 4.74 Å². The van der Waals surface area contributed by atoms with Crippen LogP contribution in [-0.4, -0.2) is 24.7 Å². The minimum atomic E-state index is -4.71. The van der Waals surface area contributed by atoms with E-state index in [9.17, 15) is 13.2 Å². The van der Waals surface area contributed by atoms with Crippen LogP contribution in [-0.2, 0) is 7.05 Å². The minimum absolute atomic E-state index is 0.0702. The van der Waals surface area contributed by atoms with Gasteiger partial charge in [-0.05, 0) is 35.9 Å². The van der Waals surface area contributed by atoms with Crippen LogP contribution in [0.1, 0.15) is 6.42 Å². The molecule has 0 aliphatic carbocycles. The van der Waals surface area contributed by atoms with Crippen molar-refractivity contribution in [2.75, 3.05) is 13.2 Å². The third kappa shape index (κ3) is 4.89. The van der Waals surface area contributed by atoms with Crippen LogP contribution >= 0.6 is 0 Å². The summed E-state index contributed by atoms with van der Waals surface area (Å²) in [6, 6.07) is 11.5. The van der Waals surface area contributed by atoms with Crippen LogP contribution in [0.25, 0.3) is 21.9 Å². The molecule has 27 heavy (non-hydrogen) atoms. The zero-order chi connectivity index (χ0) is 19.4. The van der Waals surface area contributed by atoms with Gasteiger partial charge in [-0.25, -0.2) is 4.57 Å². The number of benzene rings is 2. The van der Waals surface area contributed by atoms with Crippen molar-refractivity contribution in [3.63, 3.8) is 0 Å². The third-order valence-electron chi connectivity index (χ3n) is 3.96. The second-order valence-electron chi connectivity index (χ2n) is 6.08. The number of nitrogens with zero attached hydrogens (tertiary/aromatic N) is 1. The van der Waals surface area contributed by atoms with Crippen LogP contribution in [0.15, 0.2) is 54.9 Å². The van der Waals surface area contributed by atoms with Gasteiger partial charge >= 0.3 is 6.36 Å². The minimum Gasteiger partial charge on any atom is -0.493 e. The number of pyridine rings is 1. The van der Waals surface area contributed by atoms with Gasteiger partial charge in [0, 0.05) is 23.8 Å². The quantitative estimate of drug-likeness (QED) is 0.521. The number of ether oxygens (including phenoxy) is 2. The molecule has 0 spiro atoms. The Morgan fingerprint density at radius 1 is 1.00 bits per heavy atom. The molecule has 0 saturated heterocycles. The summed E-state index contributed by atoms with van der Waals surface area (Å²) in [5.74, 6) is 0.442. The van der Waals surface area contributed by atoms with E-state index in [0.29, 0.717) is 18.8 Å². The maximum atomic E-state index is 12.3. The summed E-state index contributed by atoms with van der Waals surface area (Å²) in [4.78, 5) is 0. The zero-order valence-corrected chi connectivity index (χ0v) is 14.7. The largest absolute Gasteiger partial charge is 0.573 e. The molecule has 1 N–H and O–H groups in total. The fraction of sp³-hybridized carbons (Fsp3) is 0.250. The van der Waals surface area contributed by atoms with E-state index < -0.39 is 6.36 Å². The highest BCUT2D eigenvalue weighted by atomic mass is 19.4. The fourth-order valence-corrected chi connectivity index (χ4v) is 2.83. The molecule has 2 aromatic carbocycles. The van der Waals surface area contributed by atoms with E-state index in [1.54, 1.807) is 12.1 Å². The molecule has 3 rings (SSSR count). The van der Waals surface area contributed by atoms with E-state index in [1.165, 1.54) is 12.1 Å². The number of alkyl halides is 3. The molecule has 142 valence electrons. The summed E-state index contributed by atoms with van der Waals surface area (Å²) in [6.07, 6.45) is -0.300. The molecule has 0 fully saturated rings. The maximum absolute atomic E-state index is 12.3. The van der Waals surface area contributed by atoms with Crippen LogP contribution in [0.4, 0.5) is 13.2 Å². The van der Waals surface area contributed by atoms with Crippen LogP contribution in [0.3, 0.4) is 0 Å². The number of fused-ring (bicyclic) bond motifs is 1. The van der Waals surface area contributed by atoms with Crippen molar-refractivity contribution >= 4 is 10.8 Å². The highest BCUT2D eigenvalue weighted by Crippen LogP contribution is 2.31. The molecule has 0 radical (unpaired) electrons. The molecule has 0 bridgehead atoms.